The Morgan fingerprint density at radius 3 is 3.06 bits per heavy atom. The molecule has 0 amide bonds. The number of hydrogen-bond acceptors (Lipinski definition) is 4. The minimum Gasteiger partial charge on any atom is -0.481 e. The van der Waals surface area contributed by atoms with E-state index in [1.165, 1.54) is 28.0 Å². The molecule has 5 nitrogen and oxygen atoms in total. The fourth-order valence-electron chi connectivity index (χ4n) is 1.37. The van der Waals surface area contributed by atoms with Crippen molar-refractivity contribution in [2.45, 2.75) is 13.3 Å². The van der Waals surface area contributed by atoms with Gasteiger partial charge in [-0.25, -0.2) is 4.98 Å². The minimum atomic E-state index is -0.835. The van der Waals surface area contributed by atoms with Crippen molar-refractivity contribution >= 4 is 22.3 Å². The highest BCUT2D eigenvalue weighted by atomic mass is 32.1. The van der Waals surface area contributed by atoms with Gasteiger partial charge in [-0.3, -0.25) is 14.0 Å². The first-order chi connectivity index (χ1) is 7.58. The molecule has 0 fully saturated rings. The maximum absolute atomic E-state index is 11.4. The SMILES string of the molecule is CC(Cc1cn2c(=O)ccnc2s1)C(=O)O. The third-order valence-electron chi connectivity index (χ3n) is 2.27. The number of rotatable bonds is 3. The zero-order valence-electron chi connectivity index (χ0n) is 8.58. The van der Waals surface area contributed by atoms with Gasteiger partial charge in [-0.05, 0) is 6.42 Å². The molecule has 0 bridgehead atoms. The van der Waals surface area contributed by atoms with E-state index in [9.17, 15) is 9.59 Å². The molecule has 0 saturated heterocycles. The van der Waals surface area contributed by atoms with E-state index in [0.717, 1.165) is 4.88 Å². The summed E-state index contributed by atoms with van der Waals surface area (Å²) in [5.41, 5.74) is -0.143. The van der Waals surface area contributed by atoms with Crippen LogP contribution in [0.4, 0.5) is 0 Å². The molecule has 2 heterocycles. The highest BCUT2D eigenvalue weighted by Gasteiger charge is 2.14. The Labute approximate surface area is 95.0 Å². The van der Waals surface area contributed by atoms with Crippen LogP contribution >= 0.6 is 11.3 Å². The molecular formula is C10H10N2O3S. The van der Waals surface area contributed by atoms with Gasteiger partial charge in [-0.2, -0.15) is 0 Å². The number of carboxylic acid groups (broad SMARTS) is 1. The molecule has 2 aromatic heterocycles. The largest absolute Gasteiger partial charge is 0.481 e. The molecule has 16 heavy (non-hydrogen) atoms. The van der Waals surface area contributed by atoms with Crippen molar-refractivity contribution in [3.05, 3.63) is 33.7 Å². The summed E-state index contributed by atoms with van der Waals surface area (Å²) in [5.74, 6) is -1.29. The van der Waals surface area contributed by atoms with Gasteiger partial charge >= 0.3 is 5.97 Å². The summed E-state index contributed by atoms with van der Waals surface area (Å²) in [7, 11) is 0. The molecule has 0 aliphatic heterocycles. The van der Waals surface area contributed by atoms with Crippen molar-refractivity contribution in [3.63, 3.8) is 0 Å². The second-order valence-electron chi connectivity index (χ2n) is 3.58. The number of hydrogen-bond donors (Lipinski definition) is 1. The van der Waals surface area contributed by atoms with Crippen LogP contribution in [-0.4, -0.2) is 20.5 Å². The van der Waals surface area contributed by atoms with E-state index in [2.05, 4.69) is 4.98 Å². The molecule has 84 valence electrons. The fourth-order valence-corrected chi connectivity index (χ4v) is 2.45. The van der Waals surface area contributed by atoms with Crippen LogP contribution in [0.25, 0.3) is 4.96 Å². The first-order valence-electron chi connectivity index (χ1n) is 4.77. The summed E-state index contributed by atoms with van der Waals surface area (Å²) >= 11 is 1.35. The number of carboxylic acids is 1. The molecule has 1 atom stereocenters. The molecular weight excluding hydrogens is 228 g/mol. The Morgan fingerprint density at radius 1 is 1.69 bits per heavy atom. The number of fused-ring (bicyclic) bond motifs is 1. The maximum atomic E-state index is 11.4. The van der Waals surface area contributed by atoms with Gasteiger partial charge < -0.3 is 5.11 Å². The van der Waals surface area contributed by atoms with Crippen LogP contribution in [0.15, 0.2) is 23.3 Å². The molecule has 0 spiro atoms. The number of thiazole rings is 1. The van der Waals surface area contributed by atoms with Crippen molar-refractivity contribution in [1.29, 1.82) is 0 Å². The van der Waals surface area contributed by atoms with Gasteiger partial charge in [-0.1, -0.05) is 6.92 Å². The van der Waals surface area contributed by atoms with Gasteiger partial charge in [0.05, 0.1) is 5.92 Å². The van der Waals surface area contributed by atoms with Crippen molar-refractivity contribution in [1.82, 2.24) is 9.38 Å². The maximum Gasteiger partial charge on any atom is 0.306 e. The first-order valence-corrected chi connectivity index (χ1v) is 5.58. The Bertz CT molecular complexity index is 587. The molecule has 0 saturated carbocycles. The van der Waals surface area contributed by atoms with Gasteiger partial charge in [-0.15, -0.1) is 11.3 Å². The summed E-state index contributed by atoms with van der Waals surface area (Å²) in [5, 5.41) is 8.79. The second kappa shape index (κ2) is 4.05. The Hall–Kier alpha value is -1.69. The lowest BCUT2D eigenvalue weighted by atomic mass is 10.1. The van der Waals surface area contributed by atoms with E-state index < -0.39 is 11.9 Å². The highest BCUT2D eigenvalue weighted by Crippen LogP contribution is 2.17. The zero-order valence-corrected chi connectivity index (χ0v) is 9.40. The van der Waals surface area contributed by atoms with Crippen molar-refractivity contribution in [3.8, 4) is 0 Å². The van der Waals surface area contributed by atoms with Gasteiger partial charge in [0.15, 0.2) is 4.96 Å². The normalized spacial score (nSPS) is 12.8. The van der Waals surface area contributed by atoms with Crippen LogP contribution in [-0.2, 0) is 11.2 Å². The highest BCUT2D eigenvalue weighted by molar-refractivity contribution is 7.17. The Balaban J connectivity index is 2.37. The van der Waals surface area contributed by atoms with E-state index in [4.69, 9.17) is 5.11 Å². The Kier molecular flexibility index (Phi) is 2.74. The van der Waals surface area contributed by atoms with Crippen LogP contribution in [0.2, 0.25) is 0 Å². The number of aliphatic carboxylic acids is 1. The molecule has 2 aromatic rings. The monoisotopic (exact) mass is 238 g/mol. The molecule has 6 heteroatoms. The van der Waals surface area contributed by atoms with Crippen LogP contribution in [0.1, 0.15) is 11.8 Å². The molecule has 0 aliphatic rings. The smallest absolute Gasteiger partial charge is 0.306 e. The first kappa shape index (κ1) is 10.8. The van der Waals surface area contributed by atoms with Crippen LogP contribution in [0, 0.1) is 5.92 Å². The summed E-state index contributed by atoms with van der Waals surface area (Å²) in [6.07, 6.45) is 3.54. The standard InChI is InChI=1S/C10H10N2O3S/c1-6(9(14)15)4-7-5-12-8(13)2-3-11-10(12)16-7/h2-3,5-6H,4H2,1H3,(H,14,15). The van der Waals surface area contributed by atoms with E-state index >= 15 is 0 Å². The van der Waals surface area contributed by atoms with Crippen molar-refractivity contribution < 1.29 is 9.90 Å². The fraction of sp³-hybridized carbons (Fsp3) is 0.300. The van der Waals surface area contributed by atoms with E-state index in [0.29, 0.717) is 11.4 Å². The van der Waals surface area contributed by atoms with Gasteiger partial charge in [0.2, 0.25) is 0 Å². The number of carbonyl (C=O) groups is 1. The predicted molar refractivity (Wildman–Crippen MR) is 59.8 cm³/mol. The lowest BCUT2D eigenvalue weighted by Gasteiger charge is -2.01. The topological polar surface area (TPSA) is 71.7 Å². The van der Waals surface area contributed by atoms with Crippen LogP contribution < -0.4 is 5.56 Å². The van der Waals surface area contributed by atoms with Gasteiger partial charge in [0.1, 0.15) is 0 Å². The lowest BCUT2D eigenvalue weighted by Crippen LogP contribution is -2.12. The minimum absolute atomic E-state index is 0.143. The van der Waals surface area contributed by atoms with Crippen LogP contribution in [0.5, 0.6) is 0 Å². The summed E-state index contributed by atoms with van der Waals surface area (Å²) in [6.45, 7) is 1.64. The van der Waals surface area contributed by atoms with Gasteiger partial charge in [0.25, 0.3) is 5.56 Å². The van der Waals surface area contributed by atoms with Crippen LogP contribution in [0.3, 0.4) is 0 Å². The van der Waals surface area contributed by atoms with Gasteiger partial charge in [0, 0.05) is 23.3 Å². The Morgan fingerprint density at radius 2 is 2.44 bits per heavy atom. The predicted octanol–water partition coefficient (Wildman–Crippen LogP) is 1.02. The summed E-state index contributed by atoms with van der Waals surface area (Å²) in [6, 6.07) is 1.38. The molecule has 1 N–H and O–H groups in total. The number of aromatic nitrogens is 2. The molecule has 0 aromatic carbocycles. The summed E-state index contributed by atoms with van der Waals surface area (Å²) in [4.78, 5) is 27.6. The molecule has 0 radical (unpaired) electrons. The van der Waals surface area contributed by atoms with Crippen molar-refractivity contribution in [2.24, 2.45) is 5.92 Å². The molecule has 2 rings (SSSR count). The third kappa shape index (κ3) is 1.96. The second-order valence-corrected chi connectivity index (χ2v) is 4.67. The summed E-state index contributed by atoms with van der Waals surface area (Å²) < 4.78 is 1.44. The van der Waals surface area contributed by atoms with E-state index in [-0.39, 0.29) is 5.56 Å². The number of nitrogens with zero attached hydrogens (tertiary/aromatic N) is 2. The average Bonchev–Trinajstić information content (AvgIpc) is 2.61. The van der Waals surface area contributed by atoms with E-state index in [1.54, 1.807) is 13.1 Å². The lowest BCUT2D eigenvalue weighted by molar-refractivity contribution is -0.141. The molecule has 0 aliphatic carbocycles. The average molecular weight is 238 g/mol. The molecule has 1 unspecified atom stereocenters. The van der Waals surface area contributed by atoms with E-state index in [1.807, 2.05) is 0 Å². The zero-order chi connectivity index (χ0) is 11.7. The quantitative estimate of drug-likeness (QED) is 0.866. The third-order valence-corrected chi connectivity index (χ3v) is 3.29. The van der Waals surface area contributed by atoms with Crippen molar-refractivity contribution in [2.75, 3.05) is 0 Å².